The summed E-state index contributed by atoms with van der Waals surface area (Å²) in [5.41, 5.74) is 0. The first-order chi connectivity index (χ1) is 9.04. The minimum Gasteiger partial charge on any atom is -0.379 e. The number of nitriles is 1. The van der Waals surface area contributed by atoms with Gasteiger partial charge in [0.1, 0.15) is 4.75 Å². The lowest BCUT2D eigenvalue weighted by Crippen LogP contribution is -2.52. The number of hydrogen-bond acceptors (Lipinski definition) is 5. The van der Waals surface area contributed by atoms with E-state index in [-0.39, 0.29) is 0 Å². The van der Waals surface area contributed by atoms with Crippen LogP contribution in [0.4, 0.5) is 0 Å². The molecule has 0 bridgehead atoms. The van der Waals surface area contributed by atoms with Gasteiger partial charge in [-0.3, -0.25) is 0 Å². The van der Waals surface area contributed by atoms with Crippen LogP contribution in [0.25, 0.3) is 0 Å². The van der Waals surface area contributed by atoms with E-state index < -0.39 is 15.0 Å². The molecule has 0 aromatic rings. The van der Waals surface area contributed by atoms with Gasteiger partial charge in [0.25, 0.3) is 10.2 Å². The predicted molar refractivity (Wildman–Crippen MR) is 74.0 cm³/mol. The Morgan fingerprint density at radius 3 is 2.16 bits per heavy atom. The third kappa shape index (κ3) is 3.06. The van der Waals surface area contributed by atoms with Crippen molar-refractivity contribution in [2.24, 2.45) is 0 Å². The van der Waals surface area contributed by atoms with Crippen molar-refractivity contribution in [3.63, 3.8) is 0 Å². The molecule has 0 amide bonds. The third-order valence-corrected chi connectivity index (χ3v) is 7.06. The Bertz CT molecular complexity index is 446. The molecule has 0 aromatic heterocycles. The van der Waals surface area contributed by atoms with Crippen molar-refractivity contribution in [1.82, 2.24) is 8.61 Å². The summed E-state index contributed by atoms with van der Waals surface area (Å²) in [7, 11) is -3.38. The quantitative estimate of drug-likeness (QED) is 0.749. The minimum atomic E-state index is -3.38. The monoisotopic (exact) mass is 305 g/mol. The van der Waals surface area contributed by atoms with E-state index >= 15 is 0 Å². The van der Waals surface area contributed by atoms with Gasteiger partial charge in [-0.2, -0.15) is 22.3 Å². The Hall–Kier alpha value is -0.330. The van der Waals surface area contributed by atoms with Crippen molar-refractivity contribution in [2.45, 2.75) is 17.6 Å². The average Bonchev–Trinajstić information content (AvgIpc) is 2.48. The number of ether oxygens (including phenoxy) is 1. The van der Waals surface area contributed by atoms with Gasteiger partial charge in [0.05, 0.1) is 19.3 Å². The molecule has 0 spiro atoms. The second-order valence-electron chi connectivity index (χ2n) is 4.73. The first-order valence-electron chi connectivity index (χ1n) is 6.33. The van der Waals surface area contributed by atoms with Crippen LogP contribution in [0.1, 0.15) is 12.8 Å². The fourth-order valence-electron chi connectivity index (χ4n) is 2.38. The maximum absolute atomic E-state index is 12.4. The molecule has 2 fully saturated rings. The molecule has 2 aliphatic heterocycles. The second kappa shape index (κ2) is 5.97. The Kier molecular flexibility index (Phi) is 4.74. The van der Waals surface area contributed by atoms with E-state index in [9.17, 15) is 13.7 Å². The molecule has 2 heterocycles. The summed E-state index contributed by atoms with van der Waals surface area (Å²) in [6, 6.07) is 2.33. The SMILES string of the molecule is CSC1(C#N)CCN(S(=O)(=O)N2CCOCC2)CC1. The number of morpholine rings is 1. The van der Waals surface area contributed by atoms with Crippen LogP contribution in [0.2, 0.25) is 0 Å². The molecule has 108 valence electrons. The van der Waals surface area contributed by atoms with Gasteiger partial charge < -0.3 is 4.74 Å². The Labute approximate surface area is 118 Å². The Balaban J connectivity index is 2.02. The predicted octanol–water partition coefficient (Wildman–Crippen LogP) is 0.285. The summed E-state index contributed by atoms with van der Waals surface area (Å²) < 4.78 is 32.6. The highest BCUT2D eigenvalue weighted by atomic mass is 32.2. The topological polar surface area (TPSA) is 73.6 Å². The van der Waals surface area contributed by atoms with Gasteiger partial charge in [0.2, 0.25) is 0 Å². The van der Waals surface area contributed by atoms with Crippen molar-refractivity contribution in [3.8, 4) is 6.07 Å². The molecule has 0 aromatic carbocycles. The summed E-state index contributed by atoms with van der Waals surface area (Å²) in [5, 5.41) is 9.21. The maximum Gasteiger partial charge on any atom is 0.282 e. The van der Waals surface area contributed by atoms with Crippen molar-refractivity contribution in [1.29, 1.82) is 5.26 Å². The van der Waals surface area contributed by atoms with Crippen LogP contribution < -0.4 is 0 Å². The van der Waals surface area contributed by atoms with Crippen molar-refractivity contribution < 1.29 is 13.2 Å². The fourth-order valence-corrected chi connectivity index (χ4v) is 4.64. The summed E-state index contributed by atoms with van der Waals surface area (Å²) in [6.07, 6.45) is 3.10. The van der Waals surface area contributed by atoms with E-state index in [2.05, 4.69) is 6.07 Å². The molecule has 0 saturated carbocycles. The van der Waals surface area contributed by atoms with Gasteiger partial charge in [-0.25, -0.2) is 0 Å². The Morgan fingerprint density at radius 1 is 1.16 bits per heavy atom. The maximum atomic E-state index is 12.4. The standard InChI is InChI=1S/C11H19N3O3S2/c1-18-11(10-12)2-4-13(5-3-11)19(15,16)14-6-8-17-9-7-14/h2-9H2,1H3. The molecule has 0 aliphatic carbocycles. The van der Waals surface area contributed by atoms with Crippen molar-refractivity contribution in [2.75, 3.05) is 45.6 Å². The van der Waals surface area contributed by atoms with Gasteiger partial charge in [0.15, 0.2) is 0 Å². The molecule has 0 N–H and O–H groups in total. The third-order valence-electron chi connectivity index (χ3n) is 3.75. The smallest absolute Gasteiger partial charge is 0.282 e. The zero-order valence-electron chi connectivity index (χ0n) is 11.0. The van der Waals surface area contributed by atoms with Crippen LogP contribution in [0.5, 0.6) is 0 Å². The lowest BCUT2D eigenvalue weighted by atomic mass is 9.99. The molecule has 0 atom stereocenters. The van der Waals surface area contributed by atoms with Crippen molar-refractivity contribution in [3.05, 3.63) is 0 Å². The van der Waals surface area contributed by atoms with Crippen molar-refractivity contribution >= 4 is 22.0 Å². The van der Waals surface area contributed by atoms with E-state index in [1.54, 1.807) is 0 Å². The number of rotatable bonds is 3. The van der Waals surface area contributed by atoms with E-state index in [0.29, 0.717) is 52.2 Å². The normalized spacial score (nSPS) is 25.9. The zero-order valence-corrected chi connectivity index (χ0v) is 12.7. The highest BCUT2D eigenvalue weighted by molar-refractivity contribution is 8.00. The summed E-state index contributed by atoms with van der Waals surface area (Å²) in [4.78, 5) is 0. The highest BCUT2D eigenvalue weighted by Crippen LogP contribution is 2.34. The molecule has 6 nitrogen and oxygen atoms in total. The number of hydrogen-bond donors (Lipinski definition) is 0. The molecule has 0 unspecified atom stereocenters. The van der Waals surface area contributed by atoms with E-state index in [0.717, 1.165) is 0 Å². The molecule has 2 aliphatic rings. The summed E-state index contributed by atoms with van der Waals surface area (Å²) in [5.74, 6) is 0. The first-order valence-corrected chi connectivity index (χ1v) is 8.96. The number of nitrogens with zero attached hydrogens (tertiary/aromatic N) is 3. The molecular weight excluding hydrogens is 286 g/mol. The lowest BCUT2D eigenvalue weighted by Gasteiger charge is -2.38. The van der Waals surface area contributed by atoms with Gasteiger partial charge in [-0.05, 0) is 19.1 Å². The van der Waals surface area contributed by atoms with Crippen LogP contribution in [0.3, 0.4) is 0 Å². The van der Waals surface area contributed by atoms with Crippen LogP contribution in [-0.4, -0.2) is 67.4 Å². The molecule has 0 radical (unpaired) electrons. The van der Waals surface area contributed by atoms with Gasteiger partial charge >= 0.3 is 0 Å². The fraction of sp³-hybridized carbons (Fsp3) is 0.909. The van der Waals surface area contributed by atoms with E-state index in [1.807, 2.05) is 6.26 Å². The van der Waals surface area contributed by atoms with Crippen LogP contribution in [0.15, 0.2) is 0 Å². The van der Waals surface area contributed by atoms with E-state index in [4.69, 9.17) is 4.74 Å². The molecule has 2 saturated heterocycles. The lowest BCUT2D eigenvalue weighted by molar-refractivity contribution is 0.0696. The summed E-state index contributed by atoms with van der Waals surface area (Å²) in [6.45, 7) is 2.61. The average molecular weight is 305 g/mol. The second-order valence-corrected chi connectivity index (χ2v) is 7.85. The van der Waals surface area contributed by atoms with Gasteiger partial charge in [0, 0.05) is 26.2 Å². The van der Waals surface area contributed by atoms with E-state index in [1.165, 1.54) is 20.4 Å². The molecular formula is C11H19N3O3S2. The zero-order chi connectivity index (χ0) is 13.9. The largest absolute Gasteiger partial charge is 0.379 e. The molecule has 8 heteroatoms. The van der Waals surface area contributed by atoms with Gasteiger partial charge in [-0.15, -0.1) is 11.8 Å². The van der Waals surface area contributed by atoms with Crippen LogP contribution in [-0.2, 0) is 14.9 Å². The molecule has 19 heavy (non-hydrogen) atoms. The minimum absolute atomic E-state index is 0.420. The molecule has 2 rings (SSSR count). The highest BCUT2D eigenvalue weighted by Gasteiger charge is 2.40. The van der Waals surface area contributed by atoms with Crippen LogP contribution >= 0.6 is 11.8 Å². The number of piperidine rings is 1. The number of thioether (sulfide) groups is 1. The van der Waals surface area contributed by atoms with Crippen LogP contribution in [0, 0.1) is 11.3 Å². The van der Waals surface area contributed by atoms with Gasteiger partial charge in [-0.1, -0.05) is 0 Å². The summed E-state index contributed by atoms with van der Waals surface area (Å²) >= 11 is 1.53. The Morgan fingerprint density at radius 2 is 1.68 bits per heavy atom. The first kappa shape index (κ1) is 15.1.